The first-order valence-corrected chi connectivity index (χ1v) is 25.2. The third kappa shape index (κ3) is 14.2. The zero-order valence-corrected chi connectivity index (χ0v) is 42.3. The van der Waals surface area contributed by atoms with E-state index in [9.17, 15) is 22.7 Å². The zero-order chi connectivity index (χ0) is 50.5. The van der Waals surface area contributed by atoms with Crippen LogP contribution in [0.15, 0.2) is 146 Å². The Morgan fingerprint density at radius 3 is 1.22 bits per heavy atom. The summed E-state index contributed by atoms with van der Waals surface area (Å²) in [6, 6.07) is 39.5. The second kappa shape index (κ2) is 25.8. The molecular weight excluding hydrogens is 968 g/mol. The Morgan fingerprint density at radius 1 is 0.419 bits per heavy atom. The Bertz CT molecular complexity index is 3070. The van der Waals surface area contributed by atoms with Gasteiger partial charge >= 0.3 is 0 Å². The summed E-state index contributed by atoms with van der Waals surface area (Å²) in [7, 11) is 1.61. The fraction of sp³-hybridized carbons (Fsp3) is 0.279. The minimum Gasteiger partial charge on any atom is -0.508 e. The van der Waals surface area contributed by atoms with Gasteiger partial charge in [0.05, 0.1) is 7.11 Å². The van der Waals surface area contributed by atoms with Crippen molar-refractivity contribution in [3.63, 3.8) is 0 Å². The van der Waals surface area contributed by atoms with Crippen molar-refractivity contribution in [3.05, 3.63) is 169 Å². The van der Waals surface area contributed by atoms with Gasteiger partial charge in [-0.05, 0) is 195 Å². The first kappa shape index (κ1) is 53.3. The number of methoxy groups -OCH3 is 1. The number of ether oxygens (including phenoxy) is 5. The lowest BCUT2D eigenvalue weighted by atomic mass is 9.99. The van der Waals surface area contributed by atoms with Gasteiger partial charge in [0.25, 0.3) is 0 Å². The summed E-state index contributed by atoms with van der Waals surface area (Å²) in [5.74, 6) is 1.89. The summed E-state index contributed by atoms with van der Waals surface area (Å²) in [6.07, 6.45) is 10.3. The van der Waals surface area contributed by atoms with Gasteiger partial charge in [-0.2, -0.15) is 0 Å². The van der Waals surface area contributed by atoms with E-state index in [0.29, 0.717) is 69.6 Å². The molecule has 0 radical (unpaired) electrons. The Balaban J connectivity index is 0.000000194. The number of likely N-dealkylation sites (tertiary alicyclic amines) is 2. The largest absolute Gasteiger partial charge is 0.508 e. The Kier molecular flexibility index (Phi) is 18.6. The van der Waals surface area contributed by atoms with Gasteiger partial charge in [0.2, 0.25) is 0 Å². The lowest BCUT2D eigenvalue weighted by molar-refractivity contribution is 0.214. The maximum atomic E-state index is 14.1. The van der Waals surface area contributed by atoms with Crippen LogP contribution >= 0.6 is 12.4 Å². The van der Waals surface area contributed by atoms with Crippen molar-refractivity contribution in [3.8, 4) is 68.2 Å². The van der Waals surface area contributed by atoms with Crippen molar-refractivity contribution in [1.29, 1.82) is 0 Å². The third-order valence-electron chi connectivity index (χ3n) is 13.3. The third-order valence-corrected chi connectivity index (χ3v) is 13.3. The molecule has 13 heteroatoms. The molecule has 386 valence electrons. The van der Waals surface area contributed by atoms with Gasteiger partial charge in [-0.15, -0.1) is 12.4 Å². The number of halogens is 5. The van der Waals surface area contributed by atoms with Gasteiger partial charge < -0.3 is 28.8 Å². The van der Waals surface area contributed by atoms with Crippen LogP contribution in [0, 0.1) is 23.3 Å². The van der Waals surface area contributed by atoms with Gasteiger partial charge in [-0.1, -0.05) is 37.8 Å². The second-order valence-electron chi connectivity index (χ2n) is 18.5. The van der Waals surface area contributed by atoms with Crippen molar-refractivity contribution < 1.29 is 46.4 Å². The topological polar surface area (TPSA) is 72.9 Å². The molecule has 0 atom stereocenters. The fourth-order valence-corrected chi connectivity index (χ4v) is 9.54. The second-order valence-corrected chi connectivity index (χ2v) is 18.5. The molecule has 1 N–H and O–H groups in total. The monoisotopic (exact) mass is 1030 g/mol. The Labute approximate surface area is 436 Å². The number of aromatic hydroxyl groups is 1. The molecule has 2 heterocycles. The highest BCUT2D eigenvalue weighted by atomic mass is 35.5. The average molecular weight is 1030 g/mol. The summed E-state index contributed by atoms with van der Waals surface area (Å²) in [6.45, 7) is 7.66. The van der Waals surface area contributed by atoms with Crippen LogP contribution in [0.1, 0.15) is 51.4 Å². The Hall–Kier alpha value is -6.99. The highest BCUT2D eigenvalue weighted by molar-refractivity contribution is 5.97. The van der Waals surface area contributed by atoms with E-state index >= 15 is 0 Å². The molecule has 10 rings (SSSR count). The first-order chi connectivity index (χ1) is 35.6. The first-order valence-electron chi connectivity index (χ1n) is 25.2. The number of benzene rings is 8. The van der Waals surface area contributed by atoms with Gasteiger partial charge in [-0.25, -0.2) is 17.6 Å². The molecule has 2 fully saturated rings. The average Bonchev–Trinajstić information content (AvgIpc) is 3.82. The number of phenolic OH excluding ortho intramolecular Hbond substituents is 1. The Morgan fingerprint density at radius 2 is 0.797 bits per heavy atom. The molecule has 8 aromatic rings. The normalized spacial score (nSPS) is 14.2. The number of rotatable bonds is 15. The molecule has 8 nitrogen and oxygen atoms in total. The van der Waals surface area contributed by atoms with Crippen LogP contribution in [-0.2, 0) is 0 Å². The van der Waals surface area contributed by atoms with Gasteiger partial charge in [0, 0.05) is 47.1 Å². The predicted molar refractivity (Wildman–Crippen MR) is 288 cm³/mol. The maximum absolute atomic E-state index is 14.1. The van der Waals surface area contributed by atoms with E-state index < -0.39 is 23.3 Å². The highest BCUT2D eigenvalue weighted by Crippen LogP contribution is 2.43. The van der Waals surface area contributed by atoms with Crippen molar-refractivity contribution in [2.24, 2.45) is 0 Å². The number of hydrogen-bond donors (Lipinski definition) is 1. The van der Waals surface area contributed by atoms with Crippen LogP contribution < -0.4 is 23.7 Å². The fourth-order valence-electron chi connectivity index (χ4n) is 9.54. The van der Waals surface area contributed by atoms with Gasteiger partial charge in [-0.3, -0.25) is 9.80 Å². The summed E-state index contributed by atoms with van der Waals surface area (Å²) in [5, 5.41) is 13.1. The van der Waals surface area contributed by atoms with Crippen LogP contribution in [0.4, 0.5) is 17.6 Å². The molecule has 74 heavy (non-hydrogen) atoms. The van der Waals surface area contributed by atoms with Crippen molar-refractivity contribution in [2.45, 2.75) is 51.4 Å². The van der Waals surface area contributed by atoms with Crippen LogP contribution in [0.2, 0.25) is 0 Å². The zero-order valence-electron chi connectivity index (χ0n) is 41.5. The van der Waals surface area contributed by atoms with Crippen LogP contribution in [0.3, 0.4) is 0 Å². The lowest BCUT2D eigenvalue weighted by Gasteiger charge is -2.19. The van der Waals surface area contributed by atoms with Crippen molar-refractivity contribution in [2.75, 3.05) is 59.6 Å². The number of phenols is 1. The van der Waals surface area contributed by atoms with E-state index in [1.807, 2.05) is 78.9 Å². The summed E-state index contributed by atoms with van der Waals surface area (Å²) >= 11 is 0. The minimum absolute atomic E-state index is 0. The van der Waals surface area contributed by atoms with Crippen molar-refractivity contribution in [1.82, 2.24) is 9.80 Å². The number of hydrogen-bond acceptors (Lipinski definition) is 8. The molecular formula is C61H61ClF4N2O6. The minimum atomic E-state index is -0.663. The van der Waals surface area contributed by atoms with E-state index in [-0.39, 0.29) is 18.2 Å². The van der Waals surface area contributed by atoms with E-state index in [1.54, 1.807) is 37.4 Å². The quantitative estimate of drug-likeness (QED) is 0.102. The van der Waals surface area contributed by atoms with E-state index in [0.717, 1.165) is 79.1 Å². The smallest absolute Gasteiger partial charge is 0.143 e. The van der Waals surface area contributed by atoms with Gasteiger partial charge in [0.15, 0.2) is 0 Å². The SMILES string of the molecule is COc1ccc2c(Oc3ccc(OCCN4CCCCCC4)cc3)c(-c3cc(F)cc(F)c3)ccc2c1.Cl.Oc1ccc2c(Oc3ccc(OCCN4CCCCCC4)cc3)c(-c3cc(F)cc(F)c3)ccc2c1. The predicted octanol–water partition coefficient (Wildman–Crippen LogP) is 15.8. The molecule has 2 saturated heterocycles. The molecule has 0 saturated carbocycles. The van der Waals surface area contributed by atoms with E-state index in [4.69, 9.17) is 23.7 Å². The lowest BCUT2D eigenvalue weighted by Crippen LogP contribution is -2.29. The maximum Gasteiger partial charge on any atom is 0.143 e. The van der Waals surface area contributed by atoms with Gasteiger partial charge in [0.1, 0.15) is 82.5 Å². The van der Waals surface area contributed by atoms with Crippen LogP contribution in [0.25, 0.3) is 43.8 Å². The summed E-state index contributed by atoms with van der Waals surface area (Å²) < 4.78 is 86.0. The van der Waals surface area contributed by atoms with Crippen molar-refractivity contribution >= 4 is 34.0 Å². The molecule has 2 aliphatic rings. The van der Waals surface area contributed by atoms with Crippen LogP contribution in [0.5, 0.6) is 46.0 Å². The molecule has 0 unspecified atom stereocenters. The highest BCUT2D eigenvalue weighted by Gasteiger charge is 2.18. The molecule has 0 aromatic heterocycles. The molecule has 0 bridgehead atoms. The number of nitrogens with zero attached hydrogens (tertiary/aromatic N) is 2. The summed E-state index contributed by atoms with van der Waals surface area (Å²) in [5.41, 5.74) is 1.91. The molecule has 8 aromatic carbocycles. The van der Waals surface area contributed by atoms with Crippen LogP contribution in [-0.4, -0.2) is 74.5 Å². The molecule has 2 aliphatic heterocycles. The molecule has 0 amide bonds. The summed E-state index contributed by atoms with van der Waals surface area (Å²) in [4.78, 5) is 4.93. The van der Waals surface area contributed by atoms with E-state index in [2.05, 4.69) is 9.80 Å². The number of fused-ring (bicyclic) bond motifs is 2. The molecule has 0 aliphatic carbocycles. The molecule has 0 spiro atoms. The van der Waals surface area contributed by atoms with E-state index in [1.165, 1.54) is 75.6 Å². The standard InChI is InChI=1S/C31H31F2NO3.C30H29F2NO3.ClH/c1-35-28-11-13-29-22(20-28)6-12-30(23-18-24(32)21-25(33)19-23)31(29)37-27-9-7-26(8-10-27)36-17-16-34-14-4-2-3-5-15-34;31-23-17-22(18-24(32)20-23)29-11-5-21-19-25(34)6-12-28(21)30(29)36-27-9-7-26(8-10-27)35-16-15-33-13-3-1-2-4-14-33;/h6-13,18-21H,2-5,14-17H2,1H3;5-12,17-20,34H,1-4,13-16H2;1H.